The minimum absolute atomic E-state index is 0.0123. The molecule has 0 N–H and O–H groups in total. The molecule has 1 heterocycles. The molecule has 2 nitrogen and oxygen atoms in total. The summed E-state index contributed by atoms with van der Waals surface area (Å²) in [5.74, 6) is 0.585. The molecule has 1 saturated heterocycles. The van der Waals surface area contributed by atoms with Crippen LogP contribution < -0.4 is 0 Å². The van der Waals surface area contributed by atoms with Gasteiger partial charge < -0.3 is 4.90 Å². The van der Waals surface area contributed by atoms with Crippen molar-refractivity contribution < 1.29 is 9.18 Å². The van der Waals surface area contributed by atoms with Gasteiger partial charge in [-0.15, -0.1) is 11.8 Å². The third-order valence-corrected chi connectivity index (χ3v) is 5.17. The number of thioether (sulfide) groups is 1. The van der Waals surface area contributed by atoms with Gasteiger partial charge in [0, 0.05) is 22.3 Å². The van der Waals surface area contributed by atoms with Crippen LogP contribution in [0.15, 0.2) is 53.0 Å². The van der Waals surface area contributed by atoms with E-state index in [0.29, 0.717) is 12.1 Å². The van der Waals surface area contributed by atoms with E-state index in [9.17, 15) is 9.18 Å². The van der Waals surface area contributed by atoms with E-state index < -0.39 is 0 Å². The molecule has 108 valence electrons. The molecule has 0 aliphatic carbocycles. The molecule has 21 heavy (non-hydrogen) atoms. The smallest absolute Gasteiger partial charge is 0.255 e. The molecule has 0 radical (unpaired) electrons. The lowest BCUT2D eigenvalue weighted by atomic mass is 10.1. The SMILES string of the molecule is O=C(c1ccc(Br)cc1)N1CCS[C@H]1c1cccc(F)c1. The summed E-state index contributed by atoms with van der Waals surface area (Å²) in [6.07, 6.45) is 0. The molecule has 1 amide bonds. The minimum Gasteiger partial charge on any atom is -0.322 e. The highest BCUT2D eigenvalue weighted by atomic mass is 79.9. The molecule has 0 spiro atoms. The van der Waals surface area contributed by atoms with Gasteiger partial charge in [-0.25, -0.2) is 4.39 Å². The molecule has 1 fully saturated rings. The molecule has 1 aliphatic rings. The van der Waals surface area contributed by atoms with Crippen molar-refractivity contribution in [3.8, 4) is 0 Å². The Balaban J connectivity index is 1.87. The molecule has 0 aromatic heterocycles. The number of hydrogen-bond donors (Lipinski definition) is 0. The van der Waals surface area contributed by atoms with Crippen LogP contribution in [0.25, 0.3) is 0 Å². The molecule has 2 aromatic carbocycles. The molecule has 5 heteroatoms. The van der Waals surface area contributed by atoms with E-state index in [1.54, 1.807) is 30.0 Å². The number of nitrogens with zero attached hydrogens (tertiary/aromatic N) is 1. The van der Waals surface area contributed by atoms with Crippen LogP contribution in [0.4, 0.5) is 4.39 Å². The second-order valence-corrected chi connectivity index (χ2v) is 6.89. The number of rotatable bonds is 2. The first-order valence-corrected chi connectivity index (χ1v) is 8.43. The van der Waals surface area contributed by atoms with E-state index in [1.807, 2.05) is 23.1 Å². The fraction of sp³-hybridized carbons (Fsp3) is 0.188. The Labute approximate surface area is 135 Å². The molecular formula is C16H13BrFNOS. The van der Waals surface area contributed by atoms with Crippen LogP contribution in [-0.4, -0.2) is 23.1 Å². The first-order valence-electron chi connectivity index (χ1n) is 6.59. The average Bonchev–Trinajstić information content (AvgIpc) is 2.97. The maximum atomic E-state index is 13.4. The van der Waals surface area contributed by atoms with E-state index in [1.165, 1.54) is 12.1 Å². The van der Waals surface area contributed by atoms with Gasteiger partial charge in [-0.2, -0.15) is 0 Å². The van der Waals surface area contributed by atoms with Crippen molar-refractivity contribution in [2.45, 2.75) is 5.37 Å². The Morgan fingerprint density at radius 2 is 2.00 bits per heavy atom. The number of amides is 1. The van der Waals surface area contributed by atoms with Crippen LogP contribution in [0.3, 0.4) is 0 Å². The molecule has 0 bridgehead atoms. The second-order valence-electron chi connectivity index (χ2n) is 4.78. The average molecular weight is 366 g/mol. The first kappa shape index (κ1) is 14.6. The maximum absolute atomic E-state index is 13.4. The number of hydrogen-bond acceptors (Lipinski definition) is 2. The summed E-state index contributed by atoms with van der Waals surface area (Å²) in [6.45, 7) is 0.681. The Kier molecular flexibility index (Phi) is 4.31. The molecule has 1 aliphatic heterocycles. The predicted molar refractivity (Wildman–Crippen MR) is 86.8 cm³/mol. The van der Waals surface area contributed by atoms with Gasteiger partial charge in [0.2, 0.25) is 0 Å². The van der Waals surface area contributed by atoms with E-state index >= 15 is 0 Å². The Morgan fingerprint density at radius 1 is 1.24 bits per heavy atom. The van der Waals surface area contributed by atoms with Crippen LogP contribution in [0.5, 0.6) is 0 Å². The quantitative estimate of drug-likeness (QED) is 0.781. The van der Waals surface area contributed by atoms with Crippen LogP contribution in [-0.2, 0) is 0 Å². The van der Waals surface area contributed by atoms with Crippen LogP contribution in [0.1, 0.15) is 21.3 Å². The molecular weight excluding hydrogens is 353 g/mol. The van der Waals surface area contributed by atoms with Crippen LogP contribution in [0, 0.1) is 5.82 Å². The van der Waals surface area contributed by atoms with Gasteiger partial charge in [0.05, 0.1) is 0 Å². The van der Waals surface area contributed by atoms with Crippen LogP contribution >= 0.6 is 27.7 Å². The van der Waals surface area contributed by atoms with Crippen molar-refractivity contribution in [1.82, 2.24) is 4.90 Å². The monoisotopic (exact) mass is 365 g/mol. The molecule has 0 unspecified atom stereocenters. The van der Waals surface area contributed by atoms with E-state index in [0.717, 1.165) is 15.8 Å². The molecule has 2 aromatic rings. The van der Waals surface area contributed by atoms with E-state index in [2.05, 4.69) is 15.9 Å². The highest BCUT2D eigenvalue weighted by Gasteiger charge is 2.31. The summed E-state index contributed by atoms with van der Waals surface area (Å²) in [4.78, 5) is 14.4. The fourth-order valence-electron chi connectivity index (χ4n) is 2.37. The van der Waals surface area contributed by atoms with Crippen molar-refractivity contribution in [1.29, 1.82) is 0 Å². The lowest BCUT2D eigenvalue weighted by molar-refractivity contribution is 0.0760. The zero-order valence-electron chi connectivity index (χ0n) is 11.1. The fourth-order valence-corrected chi connectivity index (χ4v) is 3.88. The summed E-state index contributed by atoms with van der Waals surface area (Å²) in [5.41, 5.74) is 1.49. The van der Waals surface area contributed by atoms with Gasteiger partial charge in [-0.3, -0.25) is 4.79 Å². The van der Waals surface area contributed by atoms with Crippen LogP contribution in [0.2, 0.25) is 0 Å². The minimum atomic E-state index is -0.268. The van der Waals surface area contributed by atoms with Crippen molar-refractivity contribution in [2.75, 3.05) is 12.3 Å². The zero-order chi connectivity index (χ0) is 14.8. The van der Waals surface area contributed by atoms with Crippen molar-refractivity contribution in [3.63, 3.8) is 0 Å². The molecule has 3 rings (SSSR count). The third-order valence-electron chi connectivity index (χ3n) is 3.38. The normalized spacial score (nSPS) is 18.0. The number of halogens is 2. The second kappa shape index (κ2) is 6.20. The van der Waals surface area contributed by atoms with Gasteiger partial charge in [-0.1, -0.05) is 28.1 Å². The number of carbonyl (C=O) groups excluding carboxylic acids is 1. The third kappa shape index (κ3) is 3.14. The molecule has 0 saturated carbocycles. The largest absolute Gasteiger partial charge is 0.322 e. The number of carbonyl (C=O) groups is 1. The standard InChI is InChI=1S/C16H13BrFNOS/c17-13-6-4-11(5-7-13)15(20)19-8-9-21-16(19)12-2-1-3-14(18)10-12/h1-7,10,16H,8-9H2/t16-/m0/s1. The van der Waals surface area contributed by atoms with Gasteiger partial charge >= 0.3 is 0 Å². The van der Waals surface area contributed by atoms with Crippen molar-refractivity contribution in [3.05, 3.63) is 69.9 Å². The highest BCUT2D eigenvalue weighted by molar-refractivity contribution is 9.10. The molecule has 1 atom stereocenters. The topological polar surface area (TPSA) is 20.3 Å². The van der Waals surface area contributed by atoms with E-state index in [4.69, 9.17) is 0 Å². The Hall–Kier alpha value is -1.33. The predicted octanol–water partition coefficient (Wildman–Crippen LogP) is 4.48. The van der Waals surface area contributed by atoms with Gasteiger partial charge in [0.15, 0.2) is 0 Å². The summed E-state index contributed by atoms with van der Waals surface area (Å²) >= 11 is 5.03. The van der Waals surface area contributed by atoms with Crippen molar-refractivity contribution >= 4 is 33.6 Å². The first-order chi connectivity index (χ1) is 10.1. The van der Waals surface area contributed by atoms with E-state index in [-0.39, 0.29) is 17.1 Å². The summed E-state index contributed by atoms with van der Waals surface area (Å²) in [6, 6.07) is 13.8. The highest BCUT2D eigenvalue weighted by Crippen LogP contribution is 2.38. The lowest BCUT2D eigenvalue weighted by Gasteiger charge is -2.24. The Morgan fingerprint density at radius 3 is 2.71 bits per heavy atom. The summed E-state index contributed by atoms with van der Waals surface area (Å²) < 4.78 is 14.3. The summed E-state index contributed by atoms with van der Waals surface area (Å²) in [7, 11) is 0. The Bertz CT molecular complexity index is 662. The van der Waals surface area contributed by atoms with Gasteiger partial charge in [0.25, 0.3) is 5.91 Å². The number of benzene rings is 2. The summed E-state index contributed by atoms with van der Waals surface area (Å²) in [5, 5.41) is -0.114. The van der Waals surface area contributed by atoms with Gasteiger partial charge in [-0.05, 0) is 42.0 Å². The van der Waals surface area contributed by atoms with Crippen molar-refractivity contribution in [2.24, 2.45) is 0 Å². The zero-order valence-corrected chi connectivity index (χ0v) is 13.5. The lowest BCUT2D eigenvalue weighted by Crippen LogP contribution is -2.30. The van der Waals surface area contributed by atoms with Gasteiger partial charge in [0.1, 0.15) is 11.2 Å². The maximum Gasteiger partial charge on any atom is 0.255 e.